The fourth-order valence-corrected chi connectivity index (χ4v) is 4.63. The zero-order valence-electron chi connectivity index (χ0n) is 14.8. The molecule has 12 heteroatoms. The number of hydrogen-bond acceptors (Lipinski definition) is 8. The van der Waals surface area contributed by atoms with Gasteiger partial charge < -0.3 is 8.98 Å². The van der Waals surface area contributed by atoms with Gasteiger partial charge >= 0.3 is 11.8 Å². The quantitative estimate of drug-likeness (QED) is 0.425. The van der Waals surface area contributed by atoms with Crippen molar-refractivity contribution in [3.8, 4) is 0 Å². The first-order valence-corrected chi connectivity index (χ1v) is 12.0. The van der Waals surface area contributed by atoms with Crippen molar-refractivity contribution < 1.29 is 22.6 Å². The van der Waals surface area contributed by atoms with Crippen molar-refractivity contribution in [2.75, 3.05) is 18.3 Å². The summed E-state index contributed by atoms with van der Waals surface area (Å²) in [6, 6.07) is 7.04. The van der Waals surface area contributed by atoms with Gasteiger partial charge in [-0.3, -0.25) is 14.9 Å². The van der Waals surface area contributed by atoms with Crippen molar-refractivity contribution >= 4 is 54.9 Å². The fourth-order valence-electron chi connectivity index (χ4n) is 2.45. The smallest absolute Gasteiger partial charge is 0.395 e. The zero-order chi connectivity index (χ0) is 20.5. The predicted octanol–water partition coefficient (Wildman–Crippen LogP) is 2.71. The molecule has 9 nitrogen and oxygen atoms in total. The second-order valence-electron chi connectivity index (χ2n) is 5.74. The molecule has 2 heterocycles. The standard InChI is InChI=1S/C16H15N3O6S3/c1-26-8-7-18-11-4-3-10(28(2,23)24)9-13(11)27-16(18)17-15(20)12-5-6-14(25-12)19(21)22/h3-6,9H,7-8H2,1-2H3. The molecule has 0 N–H and O–H groups in total. The van der Waals surface area contributed by atoms with Gasteiger partial charge in [0, 0.05) is 18.6 Å². The summed E-state index contributed by atoms with van der Waals surface area (Å²) < 4.78 is 31.0. The van der Waals surface area contributed by atoms with Crippen LogP contribution in [0.1, 0.15) is 10.6 Å². The molecule has 0 aliphatic heterocycles. The maximum Gasteiger partial charge on any atom is 0.433 e. The van der Waals surface area contributed by atoms with Crippen LogP contribution in [-0.4, -0.2) is 42.1 Å². The van der Waals surface area contributed by atoms with Gasteiger partial charge in [0.2, 0.25) is 5.76 Å². The van der Waals surface area contributed by atoms with Crippen molar-refractivity contribution in [1.29, 1.82) is 0 Å². The number of aromatic nitrogens is 1. The van der Waals surface area contributed by atoms with E-state index in [9.17, 15) is 23.3 Å². The number of sulfone groups is 1. The van der Waals surface area contributed by atoms with Crippen LogP contribution in [0.15, 0.2) is 44.6 Å². The van der Waals surface area contributed by atoms with Gasteiger partial charge in [-0.05, 0) is 30.5 Å². The lowest BCUT2D eigenvalue weighted by atomic mass is 10.3. The molecule has 28 heavy (non-hydrogen) atoms. The highest BCUT2D eigenvalue weighted by Crippen LogP contribution is 2.22. The Morgan fingerprint density at radius 1 is 1.36 bits per heavy atom. The topological polar surface area (TPSA) is 125 Å². The number of aryl methyl sites for hydroxylation is 1. The molecule has 0 saturated heterocycles. The Bertz CT molecular complexity index is 1240. The van der Waals surface area contributed by atoms with E-state index in [1.54, 1.807) is 23.9 Å². The van der Waals surface area contributed by atoms with E-state index in [0.29, 0.717) is 16.0 Å². The number of amides is 1. The van der Waals surface area contributed by atoms with Crippen LogP contribution in [0.5, 0.6) is 0 Å². The van der Waals surface area contributed by atoms with E-state index in [4.69, 9.17) is 4.42 Å². The molecule has 1 amide bonds. The number of benzene rings is 1. The van der Waals surface area contributed by atoms with E-state index < -0.39 is 26.6 Å². The molecule has 0 spiro atoms. The molecule has 0 unspecified atom stereocenters. The summed E-state index contributed by atoms with van der Waals surface area (Å²) in [6.07, 6.45) is 3.07. The average Bonchev–Trinajstić information content (AvgIpc) is 3.24. The van der Waals surface area contributed by atoms with Crippen LogP contribution in [0, 0.1) is 10.1 Å². The Kier molecular flexibility index (Phi) is 5.72. The first kappa shape index (κ1) is 20.3. The number of furan rings is 1. The van der Waals surface area contributed by atoms with Crippen molar-refractivity contribution in [1.82, 2.24) is 4.57 Å². The maximum absolute atomic E-state index is 12.4. The van der Waals surface area contributed by atoms with Gasteiger partial charge in [-0.15, -0.1) is 0 Å². The van der Waals surface area contributed by atoms with E-state index in [2.05, 4.69) is 4.99 Å². The van der Waals surface area contributed by atoms with Crippen LogP contribution in [0.4, 0.5) is 5.88 Å². The van der Waals surface area contributed by atoms with Gasteiger partial charge in [0.15, 0.2) is 14.6 Å². The molecule has 0 aliphatic carbocycles. The number of nitro groups is 1. The van der Waals surface area contributed by atoms with Gasteiger partial charge in [0.05, 0.1) is 21.2 Å². The van der Waals surface area contributed by atoms with Gasteiger partial charge in [-0.25, -0.2) is 8.42 Å². The molecule has 0 atom stereocenters. The Labute approximate surface area is 167 Å². The van der Waals surface area contributed by atoms with Crippen LogP contribution < -0.4 is 4.80 Å². The van der Waals surface area contributed by atoms with E-state index >= 15 is 0 Å². The molecule has 0 bridgehead atoms. The Morgan fingerprint density at radius 3 is 2.71 bits per heavy atom. The van der Waals surface area contributed by atoms with Crippen LogP contribution in [0.2, 0.25) is 0 Å². The number of thiazole rings is 1. The SMILES string of the molecule is CSCCn1c(=NC(=O)c2ccc([N+](=O)[O-])o2)sc2cc(S(C)(=O)=O)ccc21. The summed E-state index contributed by atoms with van der Waals surface area (Å²) in [5, 5.41) is 10.7. The Morgan fingerprint density at radius 2 is 2.11 bits per heavy atom. The van der Waals surface area contributed by atoms with Crippen molar-refractivity contribution in [3.05, 3.63) is 51.0 Å². The summed E-state index contributed by atoms with van der Waals surface area (Å²) in [5.74, 6) is -0.769. The lowest BCUT2D eigenvalue weighted by Crippen LogP contribution is -2.18. The maximum atomic E-state index is 12.4. The summed E-state index contributed by atoms with van der Waals surface area (Å²) in [7, 11) is -3.37. The average molecular weight is 442 g/mol. The predicted molar refractivity (Wildman–Crippen MR) is 107 cm³/mol. The largest absolute Gasteiger partial charge is 0.433 e. The summed E-state index contributed by atoms with van der Waals surface area (Å²) >= 11 is 2.78. The lowest BCUT2D eigenvalue weighted by Gasteiger charge is -2.04. The third-order valence-electron chi connectivity index (χ3n) is 3.78. The second kappa shape index (κ2) is 7.89. The molecule has 3 aromatic rings. The number of thioether (sulfide) groups is 1. The summed E-state index contributed by atoms with van der Waals surface area (Å²) in [6.45, 7) is 0.559. The molecule has 2 aromatic heterocycles. The highest BCUT2D eigenvalue weighted by Gasteiger charge is 2.18. The monoisotopic (exact) mass is 441 g/mol. The molecule has 1 aromatic carbocycles. The Balaban J connectivity index is 2.12. The van der Waals surface area contributed by atoms with Crippen molar-refractivity contribution in [3.63, 3.8) is 0 Å². The first-order chi connectivity index (χ1) is 13.2. The minimum atomic E-state index is -3.37. The van der Waals surface area contributed by atoms with Crippen molar-refractivity contribution in [2.45, 2.75) is 11.4 Å². The molecule has 0 aliphatic rings. The normalized spacial score (nSPS) is 12.6. The van der Waals surface area contributed by atoms with E-state index in [-0.39, 0.29) is 10.7 Å². The van der Waals surface area contributed by atoms with E-state index in [1.807, 2.05) is 10.8 Å². The summed E-state index contributed by atoms with van der Waals surface area (Å²) in [4.78, 5) is 27.0. The Hall–Kier alpha value is -2.44. The third-order valence-corrected chi connectivity index (χ3v) is 6.52. The molecular formula is C16H15N3O6S3. The minimum absolute atomic E-state index is 0.179. The van der Waals surface area contributed by atoms with Crippen molar-refractivity contribution in [2.24, 2.45) is 4.99 Å². The number of carbonyl (C=O) groups is 1. The van der Waals surface area contributed by atoms with E-state index in [1.165, 1.54) is 23.5 Å². The number of hydrogen-bond donors (Lipinski definition) is 0. The van der Waals surface area contributed by atoms with E-state index in [0.717, 1.165) is 23.6 Å². The van der Waals surface area contributed by atoms with Gasteiger partial charge in [-0.2, -0.15) is 16.8 Å². The fraction of sp³-hybridized carbons (Fsp3) is 0.250. The molecule has 3 rings (SSSR count). The summed E-state index contributed by atoms with van der Waals surface area (Å²) in [5.41, 5.74) is 0.753. The minimum Gasteiger partial charge on any atom is -0.395 e. The number of rotatable bonds is 6. The number of fused-ring (bicyclic) bond motifs is 1. The second-order valence-corrected chi connectivity index (χ2v) is 9.75. The van der Waals surface area contributed by atoms with Gasteiger partial charge in [-0.1, -0.05) is 11.3 Å². The molecule has 0 saturated carbocycles. The first-order valence-electron chi connectivity index (χ1n) is 7.86. The highest BCUT2D eigenvalue weighted by molar-refractivity contribution is 7.98. The van der Waals surface area contributed by atoms with Gasteiger partial charge in [0.25, 0.3) is 0 Å². The molecule has 0 fully saturated rings. The van der Waals surface area contributed by atoms with Crippen LogP contribution in [0.3, 0.4) is 0 Å². The molecule has 148 valence electrons. The van der Waals surface area contributed by atoms with Crippen LogP contribution in [0.25, 0.3) is 10.2 Å². The van der Waals surface area contributed by atoms with Crippen LogP contribution in [-0.2, 0) is 16.4 Å². The lowest BCUT2D eigenvalue weighted by molar-refractivity contribution is -0.402. The van der Waals surface area contributed by atoms with Crippen LogP contribution >= 0.6 is 23.1 Å². The zero-order valence-corrected chi connectivity index (χ0v) is 17.3. The third kappa shape index (κ3) is 4.18. The van der Waals surface area contributed by atoms with Gasteiger partial charge in [0.1, 0.15) is 4.92 Å². The number of carbonyl (C=O) groups excluding carboxylic acids is 1. The highest BCUT2D eigenvalue weighted by atomic mass is 32.2. The number of nitrogens with zero attached hydrogens (tertiary/aromatic N) is 3. The molecule has 0 radical (unpaired) electrons. The molecular weight excluding hydrogens is 426 g/mol.